The lowest BCUT2D eigenvalue weighted by Gasteiger charge is -2.03. The summed E-state index contributed by atoms with van der Waals surface area (Å²) >= 11 is 0. The minimum atomic E-state index is 0.574. The zero-order chi connectivity index (χ0) is 9.68. The van der Waals surface area contributed by atoms with E-state index < -0.39 is 0 Å². The molecule has 0 spiro atoms. The highest BCUT2D eigenvalue weighted by atomic mass is 16.5. The summed E-state index contributed by atoms with van der Waals surface area (Å²) in [6.45, 7) is 4.32. The Morgan fingerprint density at radius 3 is 2.54 bits per heavy atom. The van der Waals surface area contributed by atoms with Crippen LogP contribution in [0.15, 0.2) is 30.3 Å². The average Bonchev–Trinajstić information content (AvgIpc) is 2.15. The van der Waals surface area contributed by atoms with Crippen LogP contribution >= 0.6 is 0 Å². The van der Waals surface area contributed by atoms with Crippen LogP contribution in [-0.2, 0) is 0 Å². The van der Waals surface area contributed by atoms with E-state index in [2.05, 4.69) is 32.1 Å². The largest absolute Gasteiger partial charge is 0.496 e. The maximum absolute atomic E-state index is 5.23. The third-order valence-corrected chi connectivity index (χ3v) is 1.80. The van der Waals surface area contributed by atoms with Crippen LogP contribution in [0.3, 0.4) is 0 Å². The number of allylic oxidation sites excluding steroid dienone is 1. The van der Waals surface area contributed by atoms with E-state index in [4.69, 9.17) is 4.74 Å². The second-order valence-corrected chi connectivity index (χ2v) is 3.35. The molecule has 0 bridgehead atoms. The van der Waals surface area contributed by atoms with Crippen molar-refractivity contribution in [2.75, 3.05) is 7.11 Å². The maximum atomic E-state index is 5.23. The van der Waals surface area contributed by atoms with Crippen LogP contribution in [0.25, 0.3) is 6.08 Å². The van der Waals surface area contributed by atoms with Crippen molar-refractivity contribution < 1.29 is 4.74 Å². The molecule has 0 radical (unpaired) electrons. The van der Waals surface area contributed by atoms with E-state index in [1.165, 1.54) is 0 Å². The standard InChI is InChI=1S/C12H16O/c1-10(2)8-9-11-6-4-5-7-12(11)13-3/h4-10H,1-3H3. The fraction of sp³-hybridized carbons (Fsp3) is 0.333. The lowest BCUT2D eigenvalue weighted by Crippen LogP contribution is -1.86. The van der Waals surface area contributed by atoms with Gasteiger partial charge in [0.05, 0.1) is 7.11 Å². The van der Waals surface area contributed by atoms with E-state index in [0.717, 1.165) is 11.3 Å². The molecule has 0 amide bonds. The highest BCUT2D eigenvalue weighted by Crippen LogP contribution is 2.19. The van der Waals surface area contributed by atoms with Gasteiger partial charge in [-0.2, -0.15) is 0 Å². The van der Waals surface area contributed by atoms with Gasteiger partial charge < -0.3 is 4.74 Å². The number of hydrogen-bond donors (Lipinski definition) is 0. The molecule has 13 heavy (non-hydrogen) atoms. The smallest absolute Gasteiger partial charge is 0.126 e. The summed E-state index contributed by atoms with van der Waals surface area (Å²) in [7, 11) is 1.70. The van der Waals surface area contributed by atoms with E-state index in [9.17, 15) is 0 Å². The first kappa shape index (κ1) is 9.85. The molecule has 0 aromatic heterocycles. The van der Waals surface area contributed by atoms with Gasteiger partial charge in [0.2, 0.25) is 0 Å². The van der Waals surface area contributed by atoms with Crippen molar-refractivity contribution in [3.8, 4) is 5.75 Å². The quantitative estimate of drug-likeness (QED) is 0.686. The molecule has 1 nitrogen and oxygen atoms in total. The van der Waals surface area contributed by atoms with Crippen LogP contribution in [0.1, 0.15) is 19.4 Å². The van der Waals surface area contributed by atoms with E-state index in [1.807, 2.05) is 18.2 Å². The third-order valence-electron chi connectivity index (χ3n) is 1.80. The third kappa shape index (κ3) is 2.94. The van der Waals surface area contributed by atoms with Gasteiger partial charge in [0.15, 0.2) is 0 Å². The fourth-order valence-electron chi connectivity index (χ4n) is 1.10. The average molecular weight is 176 g/mol. The lowest BCUT2D eigenvalue weighted by molar-refractivity contribution is 0.414. The number of rotatable bonds is 3. The molecule has 1 rings (SSSR count). The van der Waals surface area contributed by atoms with E-state index >= 15 is 0 Å². The van der Waals surface area contributed by atoms with E-state index in [1.54, 1.807) is 7.11 Å². The molecule has 1 heteroatoms. The summed E-state index contributed by atoms with van der Waals surface area (Å²) in [6.07, 6.45) is 4.27. The van der Waals surface area contributed by atoms with Crippen molar-refractivity contribution in [3.63, 3.8) is 0 Å². The molecule has 0 N–H and O–H groups in total. The summed E-state index contributed by atoms with van der Waals surface area (Å²) in [4.78, 5) is 0. The molecule has 1 aromatic rings. The number of methoxy groups -OCH3 is 1. The molecule has 0 aliphatic rings. The predicted octanol–water partition coefficient (Wildman–Crippen LogP) is 3.36. The highest BCUT2D eigenvalue weighted by molar-refractivity contribution is 5.57. The van der Waals surface area contributed by atoms with Crippen LogP contribution in [0.2, 0.25) is 0 Å². The molecule has 0 aliphatic heterocycles. The number of ether oxygens (including phenoxy) is 1. The number of para-hydroxylation sites is 1. The van der Waals surface area contributed by atoms with Crippen molar-refractivity contribution in [2.24, 2.45) is 5.92 Å². The van der Waals surface area contributed by atoms with Crippen molar-refractivity contribution in [1.29, 1.82) is 0 Å². The van der Waals surface area contributed by atoms with Crippen molar-refractivity contribution in [2.45, 2.75) is 13.8 Å². The minimum Gasteiger partial charge on any atom is -0.496 e. The Balaban J connectivity index is 2.87. The summed E-state index contributed by atoms with van der Waals surface area (Å²) in [6, 6.07) is 8.02. The Bertz CT molecular complexity index is 287. The predicted molar refractivity (Wildman–Crippen MR) is 56.9 cm³/mol. The highest BCUT2D eigenvalue weighted by Gasteiger charge is 1.96. The van der Waals surface area contributed by atoms with Gasteiger partial charge in [0, 0.05) is 5.56 Å². The van der Waals surface area contributed by atoms with Gasteiger partial charge in [-0.25, -0.2) is 0 Å². The van der Waals surface area contributed by atoms with E-state index in [-0.39, 0.29) is 0 Å². The monoisotopic (exact) mass is 176 g/mol. The first-order valence-electron chi connectivity index (χ1n) is 4.55. The Morgan fingerprint density at radius 2 is 1.92 bits per heavy atom. The lowest BCUT2D eigenvalue weighted by atomic mass is 10.1. The zero-order valence-electron chi connectivity index (χ0n) is 8.45. The summed E-state index contributed by atoms with van der Waals surface area (Å²) < 4.78 is 5.23. The fourth-order valence-corrected chi connectivity index (χ4v) is 1.10. The van der Waals surface area contributed by atoms with Gasteiger partial charge in [-0.3, -0.25) is 0 Å². The van der Waals surface area contributed by atoms with Gasteiger partial charge in [-0.15, -0.1) is 0 Å². The van der Waals surface area contributed by atoms with Crippen LogP contribution in [0, 0.1) is 5.92 Å². The second kappa shape index (κ2) is 4.70. The normalized spacial score (nSPS) is 11.1. The Kier molecular flexibility index (Phi) is 3.56. The number of benzene rings is 1. The molecule has 0 saturated heterocycles. The molecule has 0 saturated carbocycles. The first-order chi connectivity index (χ1) is 6.24. The minimum absolute atomic E-state index is 0.574. The molecular formula is C12H16O. The van der Waals surface area contributed by atoms with Crippen molar-refractivity contribution >= 4 is 6.08 Å². The molecule has 0 fully saturated rings. The van der Waals surface area contributed by atoms with Crippen LogP contribution in [0.4, 0.5) is 0 Å². The molecule has 1 aromatic carbocycles. The Labute approximate surface area is 80.0 Å². The molecule has 0 unspecified atom stereocenters. The van der Waals surface area contributed by atoms with Gasteiger partial charge in [-0.1, -0.05) is 44.2 Å². The molecular weight excluding hydrogens is 160 g/mol. The van der Waals surface area contributed by atoms with Gasteiger partial charge in [-0.05, 0) is 12.0 Å². The van der Waals surface area contributed by atoms with Crippen LogP contribution in [-0.4, -0.2) is 7.11 Å². The van der Waals surface area contributed by atoms with Gasteiger partial charge in [0.25, 0.3) is 0 Å². The molecule has 0 aliphatic carbocycles. The van der Waals surface area contributed by atoms with E-state index in [0.29, 0.717) is 5.92 Å². The Hall–Kier alpha value is -1.24. The van der Waals surface area contributed by atoms with Crippen LogP contribution in [0.5, 0.6) is 5.75 Å². The summed E-state index contributed by atoms with van der Waals surface area (Å²) in [5, 5.41) is 0. The van der Waals surface area contributed by atoms with Crippen molar-refractivity contribution in [3.05, 3.63) is 35.9 Å². The SMILES string of the molecule is COc1ccccc1C=CC(C)C. The Morgan fingerprint density at radius 1 is 1.23 bits per heavy atom. The van der Waals surface area contributed by atoms with Crippen molar-refractivity contribution in [1.82, 2.24) is 0 Å². The zero-order valence-corrected chi connectivity index (χ0v) is 8.45. The second-order valence-electron chi connectivity index (χ2n) is 3.35. The van der Waals surface area contributed by atoms with Crippen LogP contribution < -0.4 is 4.74 Å². The maximum Gasteiger partial charge on any atom is 0.126 e. The summed E-state index contributed by atoms with van der Waals surface area (Å²) in [5.41, 5.74) is 1.14. The topological polar surface area (TPSA) is 9.23 Å². The molecule has 0 atom stereocenters. The first-order valence-corrected chi connectivity index (χ1v) is 4.55. The number of hydrogen-bond acceptors (Lipinski definition) is 1. The van der Waals surface area contributed by atoms with Gasteiger partial charge >= 0.3 is 0 Å². The molecule has 0 heterocycles. The molecule has 70 valence electrons. The van der Waals surface area contributed by atoms with Gasteiger partial charge in [0.1, 0.15) is 5.75 Å². The summed E-state index contributed by atoms with van der Waals surface area (Å²) in [5.74, 6) is 1.50.